The monoisotopic (exact) mass is 279 g/mol. The Bertz CT molecular complexity index is 463. The molecule has 3 amide bonds. The van der Waals surface area contributed by atoms with Gasteiger partial charge in [0, 0.05) is 19.5 Å². The third-order valence-electron chi connectivity index (χ3n) is 5.25. The number of carbonyl (C=O) groups excluding carboxylic acids is 3. The molecule has 0 spiro atoms. The Morgan fingerprint density at radius 2 is 1.95 bits per heavy atom. The lowest BCUT2D eigenvalue weighted by atomic mass is 9.84. The highest BCUT2D eigenvalue weighted by atomic mass is 16.2. The van der Waals surface area contributed by atoms with Gasteiger partial charge in [0.05, 0.1) is 5.92 Å². The normalized spacial score (nSPS) is 40.3. The Kier molecular flexibility index (Phi) is 3.28. The molecule has 2 saturated carbocycles. The average Bonchev–Trinajstić information content (AvgIpc) is 3.00. The summed E-state index contributed by atoms with van der Waals surface area (Å²) in [5, 5.41) is 2.81. The van der Waals surface area contributed by atoms with Gasteiger partial charge in [-0.15, -0.1) is 0 Å². The lowest BCUT2D eigenvalue weighted by molar-refractivity contribution is -0.150. The number of likely N-dealkylation sites (N-methyl/N-ethyl adjacent to an activating group) is 1. The van der Waals surface area contributed by atoms with Crippen LogP contribution in [0.15, 0.2) is 0 Å². The molecule has 110 valence electrons. The van der Waals surface area contributed by atoms with E-state index in [1.54, 1.807) is 0 Å². The first kappa shape index (κ1) is 13.5. The number of nitrogens with one attached hydrogen (secondary N) is 1. The van der Waals surface area contributed by atoms with E-state index in [4.69, 9.17) is 5.73 Å². The van der Waals surface area contributed by atoms with Crippen LogP contribution in [-0.2, 0) is 14.4 Å². The van der Waals surface area contributed by atoms with Crippen LogP contribution < -0.4 is 11.1 Å². The number of nitrogens with zero attached hydrogens (tertiary/aromatic N) is 1. The fraction of sp³-hybridized carbons (Fsp3) is 0.786. The zero-order valence-corrected chi connectivity index (χ0v) is 11.7. The first-order valence-corrected chi connectivity index (χ1v) is 7.35. The molecule has 1 saturated heterocycles. The lowest BCUT2D eigenvalue weighted by Crippen LogP contribution is -2.56. The maximum Gasteiger partial charge on any atom is 0.251 e. The SMILES string of the molecule is CN1C(=O)CCC(NC(=O)C2C3CCC(C3)C2N)C1=O. The van der Waals surface area contributed by atoms with Crippen molar-refractivity contribution in [3.05, 3.63) is 0 Å². The summed E-state index contributed by atoms with van der Waals surface area (Å²) in [6.07, 6.45) is 3.92. The molecule has 5 unspecified atom stereocenters. The van der Waals surface area contributed by atoms with Crippen LogP contribution in [0.25, 0.3) is 0 Å². The summed E-state index contributed by atoms with van der Waals surface area (Å²) in [5.74, 6) is 0.0637. The van der Waals surface area contributed by atoms with Crippen molar-refractivity contribution in [3.8, 4) is 0 Å². The second-order valence-corrected chi connectivity index (χ2v) is 6.33. The molecule has 5 atom stereocenters. The van der Waals surface area contributed by atoms with Crippen LogP contribution in [0.5, 0.6) is 0 Å². The van der Waals surface area contributed by atoms with E-state index in [1.165, 1.54) is 7.05 Å². The van der Waals surface area contributed by atoms with Crippen LogP contribution in [0.2, 0.25) is 0 Å². The maximum atomic E-state index is 12.4. The topological polar surface area (TPSA) is 92.5 Å². The number of likely N-dealkylation sites (tertiary alicyclic amines) is 1. The van der Waals surface area contributed by atoms with Gasteiger partial charge in [0.2, 0.25) is 11.8 Å². The molecule has 2 bridgehead atoms. The molecule has 20 heavy (non-hydrogen) atoms. The van der Waals surface area contributed by atoms with E-state index in [-0.39, 0.29) is 29.7 Å². The smallest absolute Gasteiger partial charge is 0.251 e. The van der Waals surface area contributed by atoms with E-state index < -0.39 is 6.04 Å². The summed E-state index contributed by atoms with van der Waals surface area (Å²) in [6.45, 7) is 0. The van der Waals surface area contributed by atoms with Crippen LogP contribution in [-0.4, -0.2) is 41.8 Å². The van der Waals surface area contributed by atoms with Crippen LogP contribution in [0.4, 0.5) is 0 Å². The highest BCUT2D eigenvalue weighted by molar-refractivity contribution is 6.01. The van der Waals surface area contributed by atoms with Crippen molar-refractivity contribution in [3.63, 3.8) is 0 Å². The van der Waals surface area contributed by atoms with Crippen LogP contribution in [0.3, 0.4) is 0 Å². The fourth-order valence-electron chi connectivity index (χ4n) is 4.04. The Labute approximate surface area is 118 Å². The van der Waals surface area contributed by atoms with Crippen molar-refractivity contribution >= 4 is 17.7 Å². The number of nitrogens with two attached hydrogens (primary N) is 1. The van der Waals surface area contributed by atoms with Gasteiger partial charge in [-0.3, -0.25) is 19.3 Å². The summed E-state index contributed by atoms with van der Waals surface area (Å²) in [7, 11) is 1.46. The Balaban J connectivity index is 1.65. The zero-order valence-electron chi connectivity index (χ0n) is 11.7. The van der Waals surface area contributed by atoms with Gasteiger partial charge in [-0.25, -0.2) is 0 Å². The van der Waals surface area contributed by atoms with Gasteiger partial charge in [-0.2, -0.15) is 0 Å². The minimum absolute atomic E-state index is 0.0770. The van der Waals surface area contributed by atoms with Crippen LogP contribution in [0, 0.1) is 17.8 Å². The summed E-state index contributed by atoms with van der Waals surface area (Å²) >= 11 is 0. The van der Waals surface area contributed by atoms with E-state index in [2.05, 4.69) is 5.32 Å². The number of carbonyl (C=O) groups is 3. The molecule has 0 radical (unpaired) electrons. The van der Waals surface area contributed by atoms with Crippen molar-refractivity contribution in [1.29, 1.82) is 0 Å². The largest absolute Gasteiger partial charge is 0.344 e. The number of piperidine rings is 1. The molecule has 3 aliphatic rings. The van der Waals surface area contributed by atoms with Gasteiger partial charge in [0.15, 0.2) is 0 Å². The number of hydrogen-bond donors (Lipinski definition) is 2. The second-order valence-electron chi connectivity index (χ2n) is 6.33. The molecule has 3 rings (SSSR count). The van der Waals surface area contributed by atoms with Crippen molar-refractivity contribution in [2.45, 2.75) is 44.2 Å². The highest BCUT2D eigenvalue weighted by Crippen LogP contribution is 2.47. The van der Waals surface area contributed by atoms with Gasteiger partial charge < -0.3 is 11.1 Å². The van der Waals surface area contributed by atoms with Crippen LogP contribution in [0.1, 0.15) is 32.1 Å². The summed E-state index contributed by atoms with van der Waals surface area (Å²) < 4.78 is 0. The number of rotatable bonds is 2. The van der Waals surface area contributed by atoms with Crippen molar-refractivity contribution < 1.29 is 14.4 Å². The molecule has 3 fully saturated rings. The molecular formula is C14H21N3O3. The minimum atomic E-state index is -0.573. The molecule has 1 aliphatic heterocycles. The number of fused-ring (bicyclic) bond motifs is 2. The van der Waals surface area contributed by atoms with Gasteiger partial charge in [0.25, 0.3) is 5.91 Å². The minimum Gasteiger partial charge on any atom is -0.344 e. The summed E-state index contributed by atoms with van der Waals surface area (Å²) in [5.41, 5.74) is 6.14. The molecule has 0 aromatic carbocycles. The Morgan fingerprint density at radius 1 is 1.25 bits per heavy atom. The van der Waals surface area contributed by atoms with E-state index in [0.29, 0.717) is 24.7 Å². The molecule has 6 heteroatoms. The van der Waals surface area contributed by atoms with Crippen molar-refractivity contribution in [1.82, 2.24) is 10.2 Å². The first-order chi connectivity index (χ1) is 9.49. The molecule has 0 aromatic heterocycles. The van der Waals surface area contributed by atoms with E-state index in [9.17, 15) is 14.4 Å². The number of amides is 3. The molecule has 0 aromatic rings. The number of imide groups is 1. The molecule has 6 nitrogen and oxygen atoms in total. The van der Waals surface area contributed by atoms with E-state index in [1.807, 2.05) is 0 Å². The maximum absolute atomic E-state index is 12.4. The van der Waals surface area contributed by atoms with Crippen molar-refractivity contribution in [2.24, 2.45) is 23.5 Å². The van der Waals surface area contributed by atoms with E-state index >= 15 is 0 Å². The molecule has 2 aliphatic carbocycles. The van der Waals surface area contributed by atoms with Gasteiger partial charge in [0.1, 0.15) is 6.04 Å². The third-order valence-corrected chi connectivity index (χ3v) is 5.25. The standard InChI is InChI=1S/C14H21N3O3/c1-17-10(18)5-4-9(14(17)20)16-13(19)11-7-2-3-8(6-7)12(11)15/h7-9,11-12H,2-6,15H2,1H3,(H,16,19). The Hall–Kier alpha value is -1.43. The third kappa shape index (κ3) is 2.02. The number of hydrogen-bond acceptors (Lipinski definition) is 4. The van der Waals surface area contributed by atoms with Gasteiger partial charge >= 0.3 is 0 Å². The van der Waals surface area contributed by atoms with Gasteiger partial charge in [-0.1, -0.05) is 0 Å². The Morgan fingerprint density at radius 3 is 2.60 bits per heavy atom. The fourth-order valence-corrected chi connectivity index (χ4v) is 4.04. The molecule has 1 heterocycles. The predicted octanol–water partition coefficient (Wildman–Crippen LogP) is -0.377. The second kappa shape index (κ2) is 4.84. The summed E-state index contributed by atoms with van der Waals surface area (Å²) in [4.78, 5) is 36.9. The summed E-state index contributed by atoms with van der Waals surface area (Å²) in [6, 6.07) is -0.650. The predicted molar refractivity (Wildman–Crippen MR) is 71.2 cm³/mol. The molecular weight excluding hydrogens is 258 g/mol. The van der Waals surface area contributed by atoms with Crippen LogP contribution >= 0.6 is 0 Å². The highest BCUT2D eigenvalue weighted by Gasteiger charge is 2.49. The zero-order chi connectivity index (χ0) is 14.4. The molecule has 3 N–H and O–H groups in total. The van der Waals surface area contributed by atoms with Gasteiger partial charge in [-0.05, 0) is 37.5 Å². The van der Waals surface area contributed by atoms with E-state index in [0.717, 1.165) is 24.2 Å². The lowest BCUT2D eigenvalue weighted by Gasteiger charge is -2.32. The van der Waals surface area contributed by atoms with Crippen molar-refractivity contribution in [2.75, 3.05) is 7.05 Å². The average molecular weight is 279 g/mol. The quantitative estimate of drug-likeness (QED) is 0.674. The first-order valence-electron chi connectivity index (χ1n) is 7.35.